The minimum absolute atomic E-state index is 0.275. The van der Waals surface area contributed by atoms with Gasteiger partial charge in [-0.05, 0) is 37.0 Å². The van der Waals surface area contributed by atoms with Crippen molar-refractivity contribution in [3.8, 4) is 0 Å². The maximum atomic E-state index is 13.2. The van der Waals surface area contributed by atoms with Crippen molar-refractivity contribution in [2.45, 2.75) is 31.2 Å². The lowest BCUT2D eigenvalue weighted by atomic mass is 10.00. The van der Waals surface area contributed by atoms with Crippen LogP contribution in [-0.4, -0.2) is 40.9 Å². The number of fused-ring (bicyclic) bond motifs is 2. The lowest BCUT2D eigenvalue weighted by molar-refractivity contribution is 0.303. The fourth-order valence-electron chi connectivity index (χ4n) is 3.67. The average molecular weight is 370 g/mol. The predicted molar refractivity (Wildman–Crippen MR) is 100 cm³/mol. The van der Waals surface area contributed by atoms with E-state index in [-0.39, 0.29) is 10.8 Å². The largest absolute Gasteiger partial charge is 0.335 e. The fourth-order valence-corrected chi connectivity index (χ4v) is 5.08. The highest BCUT2D eigenvalue weighted by molar-refractivity contribution is 7.89. The summed E-state index contributed by atoms with van der Waals surface area (Å²) < 4.78 is 29.9. The third kappa shape index (κ3) is 3.01. The van der Waals surface area contributed by atoms with E-state index in [1.807, 2.05) is 31.5 Å². The molecule has 1 aromatic carbocycles. The highest BCUT2D eigenvalue weighted by atomic mass is 32.2. The Morgan fingerprint density at radius 2 is 2.15 bits per heavy atom. The maximum absolute atomic E-state index is 13.2. The van der Waals surface area contributed by atoms with E-state index < -0.39 is 10.0 Å². The van der Waals surface area contributed by atoms with Crippen molar-refractivity contribution in [1.29, 1.82) is 0 Å². The van der Waals surface area contributed by atoms with Gasteiger partial charge in [-0.3, -0.25) is 4.98 Å². The van der Waals surface area contributed by atoms with Crippen molar-refractivity contribution in [1.82, 2.24) is 18.8 Å². The standard InChI is InChI=1S/C19H22N4O2S/c1-14-10-16-4-3-5-17(19(16)21-11-14)26(24,25)22(2)12-15-6-7-18-20-8-9-23(18)13-15/h3-5,8-11,15H,6-7,12-13H2,1-2H3. The Kier molecular flexibility index (Phi) is 4.28. The summed E-state index contributed by atoms with van der Waals surface area (Å²) in [6.07, 6.45) is 7.32. The second kappa shape index (κ2) is 6.48. The van der Waals surface area contributed by atoms with E-state index in [0.29, 0.717) is 12.1 Å². The maximum Gasteiger partial charge on any atom is 0.244 e. The number of rotatable bonds is 4. The van der Waals surface area contributed by atoms with E-state index in [9.17, 15) is 8.42 Å². The smallest absolute Gasteiger partial charge is 0.244 e. The van der Waals surface area contributed by atoms with Crippen LogP contribution >= 0.6 is 0 Å². The van der Waals surface area contributed by atoms with E-state index in [4.69, 9.17) is 0 Å². The van der Waals surface area contributed by atoms with Crippen LogP contribution in [0.4, 0.5) is 0 Å². The normalized spacial score (nSPS) is 17.6. The van der Waals surface area contributed by atoms with Gasteiger partial charge < -0.3 is 4.57 Å². The predicted octanol–water partition coefficient (Wildman–Crippen LogP) is 2.62. The third-order valence-electron chi connectivity index (χ3n) is 5.05. The Morgan fingerprint density at radius 3 is 3.00 bits per heavy atom. The Bertz CT molecular complexity index is 1060. The molecule has 3 aromatic rings. The Balaban J connectivity index is 1.61. The lowest BCUT2D eigenvalue weighted by Gasteiger charge is -2.28. The highest BCUT2D eigenvalue weighted by Crippen LogP contribution is 2.26. The van der Waals surface area contributed by atoms with Crippen LogP contribution < -0.4 is 0 Å². The first kappa shape index (κ1) is 17.2. The molecular formula is C19H22N4O2S. The molecule has 0 aliphatic carbocycles. The second-order valence-electron chi connectivity index (χ2n) is 7.03. The van der Waals surface area contributed by atoms with Gasteiger partial charge in [0, 0.05) is 50.5 Å². The molecule has 1 aliphatic heterocycles. The van der Waals surface area contributed by atoms with Crippen molar-refractivity contribution < 1.29 is 8.42 Å². The van der Waals surface area contributed by atoms with Crippen molar-refractivity contribution in [3.63, 3.8) is 0 Å². The van der Waals surface area contributed by atoms with Crippen LogP contribution in [0, 0.1) is 12.8 Å². The molecule has 0 radical (unpaired) electrons. The summed E-state index contributed by atoms with van der Waals surface area (Å²) in [6.45, 7) is 3.25. The molecule has 0 spiro atoms. The number of nitrogens with zero attached hydrogens (tertiary/aromatic N) is 4. The van der Waals surface area contributed by atoms with Gasteiger partial charge in [-0.25, -0.2) is 17.7 Å². The molecule has 6 nitrogen and oxygen atoms in total. The van der Waals surface area contributed by atoms with Crippen LogP contribution in [0.15, 0.2) is 47.8 Å². The Hall–Kier alpha value is -2.25. The molecule has 0 amide bonds. The van der Waals surface area contributed by atoms with Crippen molar-refractivity contribution in [2.24, 2.45) is 5.92 Å². The number of para-hydroxylation sites is 1. The number of benzene rings is 1. The van der Waals surface area contributed by atoms with Gasteiger partial charge in [-0.1, -0.05) is 12.1 Å². The zero-order chi connectivity index (χ0) is 18.3. The van der Waals surface area contributed by atoms with E-state index in [0.717, 1.165) is 36.2 Å². The van der Waals surface area contributed by atoms with Crippen molar-refractivity contribution >= 4 is 20.9 Å². The molecule has 0 saturated heterocycles. The number of imidazole rings is 1. The first-order valence-corrected chi connectivity index (χ1v) is 10.2. The minimum atomic E-state index is -3.60. The Morgan fingerprint density at radius 1 is 1.31 bits per heavy atom. The summed E-state index contributed by atoms with van der Waals surface area (Å²) in [4.78, 5) is 8.99. The number of hydrogen-bond acceptors (Lipinski definition) is 4. The molecule has 1 atom stereocenters. The molecule has 0 bridgehead atoms. The highest BCUT2D eigenvalue weighted by Gasteiger charge is 2.28. The molecular weight excluding hydrogens is 348 g/mol. The summed E-state index contributed by atoms with van der Waals surface area (Å²) in [6, 6.07) is 7.28. The number of pyridine rings is 1. The second-order valence-corrected chi connectivity index (χ2v) is 9.04. The van der Waals surface area contributed by atoms with Gasteiger partial charge in [0.05, 0.1) is 5.52 Å². The number of aromatic nitrogens is 3. The molecule has 2 aromatic heterocycles. The lowest BCUT2D eigenvalue weighted by Crippen LogP contribution is -2.35. The molecule has 7 heteroatoms. The summed E-state index contributed by atoms with van der Waals surface area (Å²) >= 11 is 0. The van der Waals surface area contributed by atoms with Crippen LogP contribution in [-0.2, 0) is 23.0 Å². The molecule has 0 N–H and O–H groups in total. The summed E-state index contributed by atoms with van der Waals surface area (Å²) in [5.74, 6) is 1.36. The van der Waals surface area contributed by atoms with E-state index >= 15 is 0 Å². The van der Waals surface area contributed by atoms with Crippen LogP contribution in [0.5, 0.6) is 0 Å². The van der Waals surface area contributed by atoms with Gasteiger partial charge in [0.1, 0.15) is 10.7 Å². The van der Waals surface area contributed by atoms with Crippen LogP contribution in [0.2, 0.25) is 0 Å². The zero-order valence-corrected chi connectivity index (χ0v) is 15.8. The Labute approximate surface area is 153 Å². The molecule has 4 rings (SSSR count). The first-order chi connectivity index (χ1) is 12.4. The fraction of sp³-hybridized carbons (Fsp3) is 0.368. The van der Waals surface area contributed by atoms with Crippen LogP contribution in [0.3, 0.4) is 0 Å². The van der Waals surface area contributed by atoms with Gasteiger partial charge in [-0.2, -0.15) is 0 Å². The number of hydrogen-bond donors (Lipinski definition) is 0. The third-order valence-corrected chi connectivity index (χ3v) is 6.90. The molecule has 1 unspecified atom stereocenters. The van der Waals surface area contributed by atoms with Crippen molar-refractivity contribution in [2.75, 3.05) is 13.6 Å². The monoisotopic (exact) mass is 370 g/mol. The van der Waals surface area contributed by atoms with Crippen LogP contribution in [0.1, 0.15) is 17.8 Å². The average Bonchev–Trinajstić information content (AvgIpc) is 3.08. The van der Waals surface area contributed by atoms with Crippen molar-refractivity contribution in [3.05, 3.63) is 54.2 Å². The van der Waals surface area contributed by atoms with Gasteiger partial charge in [-0.15, -0.1) is 0 Å². The minimum Gasteiger partial charge on any atom is -0.335 e. The number of aryl methyl sites for hydroxylation is 2. The van der Waals surface area contributed by atoms with E-state index in [1.165, 1.54) is 4.31 Å². The summed E-state index contributed by atoms with van der Waals surface area (Å²) in [5, 5.41) is 0.847. The van der Waals surface area contributed by atoms with Gasteiger partial charge in [0.2, 0.25) is 10.0 Å². The van der Waals surface area contributed by atoms with Crippen LogP contribution in [0.25, 0.3) is 10.9 Å². The summed E-state index contributed by atoms with van der Waals surface area (Å²) in [7, 11) is -1.94. The SMILES string of the molecule is Cc1cnc2c(S(=O)(=O)N(C)CC3CCc4nccn4C3)cccc2c1. The molecule has 1 aliphatic rings. The molecule has 3 heterocycles. The quantitative estimate of drug-likeness (QED) is 0.708. The van der Waals surface area contributed by atoms with E-state index in [2.05, 4.69) is 14.5 Å². The molecule has 26 heavy (non-hydrogen) atoms. The van der Waals surface area contributed by atoms with Gasteiger partial charge >= 0.3 is 0 Å². The molecule has 0 fully saturated rings. The topological polar surface area (TPSA) is 68.1 Å². The molecule has 136 valence electrons. The first-order valence-electron chi connectivity index (χ1n) is 8.77. The molecule has 0 saturated carbocycles. The summed E-state index contributed by atoms with van der Waals surface area (Å²) in [5.41, 5.74) is 1.55. The zero-order valence-electron chi connectivity index (χ0n) is 15.0. The van der Waals surface area contributed by atoms with Gasteiger partial charge in [0.25, 0.3) is 0 Å². The van der Waals surface area contributed by atoms with E-state index in [1.54, 1.807) is 25.4 Å². The number of sulfonamides is 1. The van der Waals surface area contributed by atoms with Gasteiger partial charge in [0.15, 0.2) is 0 Å².